The number of hydrogen-bond acceptors (Lipinski definition) is 5. The zero-order valence-corrected chi connectivity index (χ0v) is 12.2. The van der Waals surface area contributed by atoms with Crippen molar-refractivity contribution < 1.29 is 21.9 Å². The minimum atomic E-state index is -3.50. The first-order valence-electron chi connectivity index (χ1n) is 6.01. The maximum Gasteiger partial charge on any atom is 0.215 e. The van der Waals surface area contributed by atoms with Crippen LogP contribution in [0.1, 0.15) is 19.3 Å². The summed E-state index contributed by atoms with van der Waals surface area (Å²) >= 11 is 0. The molecule has 0 spiro atoms. The number of hydrogen-bond donors (Lipinski definition) is 1. The molecular formula is C10H21NO5S2. The Morgan fingerprint density at radius 3 is 2.44 bits per heavy atom. The Hall–Kier alpha value is -0.180. The Morgan fingerprint density at radius 2 is 1.89 bits per heavy atom. The average Bonchev–Trinajstić information content (AvgIpc) is 2.27. The van der Waals surface area contributed by atoms with Gasteiger partial charge < -0.3 is 5.11 Å². The van der Waals surface area contributed by atoms with Crippen molar-refractivity contribution in [1.82, 2.24) is 4.31 Å². The van der Waals surface area contributed by atoms with Gasteiger partial charge in [-0.25, -0.2) is 21.1 Å². The molecule has 1 aliphatic rings. The van der Waals surface area contributed by atoms with Crippen LogP contribution in [0.25, 0.3) is 0 Å². The summed E-state index contributed by atoms with van der Waals surface area (Å²) in [7, 11) is -6.76. The van der Waals surface area contributed by atoms with E-state index in [-0.39, 0.29) is 24.0 Å². The van der Waals surface area contributed by atoms with Crippen molar-refractivity contribution in [3.63, 3.8) is 0 Å². The van der Waals surface area contributed by atoms with Gasteiger partial charge in [0.2, 0.25) is 10.0 Å². The Morgan fingerprint density at radius 1 is 1.22 bits per heavy atom. The highest BCUT2D eigenvalue weighted by atomic mass is 32.2. The minimum Gasteiger partial charge on any atom is -0.396 e. The molecule has 1 fully saturated rings. The molecule has 6 nitrogen and oxygen atoms in total. The first kappa shape index (κ1) is 15.9. The number of sulfone groups is 1. The predicted molar refractivity (Wildman–Crippen MR) is 69.5 cm³/mol. The summed E-state index contributed by atoms with van der Waals surface area (Å²) in [5.74, 6) is -0.509. The molecular weight excluding hydrogens is 278 g/mol. The van der Waals surface area contributed by atoms with Crippen molar-refractivity contribution in [3.05, 3.63) is 0 Å². The van der Waals surface area contributed by atoms with Gasteiger partial charge in [-0.2, -0.15) is 0 Å². The van der Waals surface area contributed by atoms with Gasteiger partial charge in [0, 0.05) is 26.0 Å². The van der Waals surface area contributed by atoms with Crippen LogP contribution in [-0.2, 0) is 19.9 Å². The van der Waals surface area contributed by atoms with E-state index in [1.807, 2.05) is 0 Å². The largest absolute Gasteiger partial charge is 0.396 e. The van der Waals surface area contributed by atoms with Crippen LogP contribution in [-0.4, -0.2) is 63.7 Å². The monoisotopic (exact) mass is 299 g/mol. The molecule has 1 aliphatic heterocycles. The van der Waals surface area contributed by atoms with E-state index >= 15 is 0 Å². The molecule has 1 unspecified atom stereocenters. The van der Waals surface area contributed by atoms with Crippen molar-refractivity contribution in [2.45, 2.75) is 19.3 Å². The van der Waals surface area contributed by atoms with E-state index in [9.17, 15) is 16.8 Å². The van der Waals surface area contributed by atoms with E-state index < -0.39 is 19.9 Å². The van der Waals surface area contributed by atoms with Crippen LogP contribution in [0, 0.1) is 5.92 Å². The molecule has 1 saturated heterocycles. The van der Waals surface area contributed by atoms with E-state index in [2.05, 4.69) is 0 Å². The van der Waals surface area contributed by atoms with Gasteiger partial charge in [-0.15, -0.1) is 0 Å². The lowest BCUT2D eigenvalue weighted by Crippen LogP contribution is -2.42. The summed E-state index contributed by atoms with van der Waals surface area (Å²) in [5, 5.41) is 8.87. The van der Waals surface area contributed by atoms with E-state index in [4.69, 9.17) is 5.11 Å². The lowest BCUT2D eigenvalue weighted by molar-refractivity contribution is 0.203. The smallest absolute Gasteiger partial charge is 0.215 e. The van der Waals surface area contributed by atoms with Crippen molar-refractivity contribution in [1.29, 1.82) is 0 Å². The second-order valence-electron chi connectivity index (χ2n) is 4.82. The molecule has 0 radical (unpaired) electrons. The molecule has 0 aromatic carbocycles. The van der Waals surface area contributed by atoms with Gasteiger partial charge in [-0.1, -0.05) is 0 Å². The van der Waals surface area contributed by atoms with Gasteiger partial charge in [-0.3, -0.25) is 0 Å². The SMILES string of the molecule is CS(=O)(=O)CCS(=O)(=O)N1CCCC(CCO)C1. The first-order valence-corrected chi connectivity index (χ1v) is 9.68. The van der Waals surface area contributed by atoms with Crippen molar-refractivity contribution in [2.24, 2.45) is 5.92 Å². The molecule has 1 heterocycles. The van der Waals surface area contributed by atoms with Crippen LogP contribution < -0.4 is 0 Å². The van der Waals surface area contributed by atoms with Crippen molar-refractivity contribution in [2.75, 3.05) is 37.5 Å². The van der Waals surface area contributed by atoms with Gasteiger partial charge in [0.1, 0.15) is 9.84 Å². The number of aliphatic hydroxyl groups is 1. The fraction of sp³-hybridized carbons (Fsp3) is 1.00. The van der Waals surface area contributed by atoms with Crippen LogP contribution >= 0.6 is 0 Å². The topological polar surface area (TPSA) is 91.8 Å². The molecule has 0 amide bonds. The molecule has 0 aromatic rings. The van der Waals surface area contributed by atoms with Gasteiger partial charge in [0.05, 0.1) is 11.5 Å². The van der Waals surface area contributed by atoms with Crippen LogP contribution in [0.4, 0.5) is 0 Å². The second-order valence-corrected chi connectivity index (χ2v) is 9.17. The predicted octanol–water partition coefficient (Wildman–Crippen LogP) is -0.545. The van der Waals surface area contributed by atoms with Gasteiger partial charge in [-0.05, 0) is 25.2 Å². The third-order valence-corrected chi connectivity index (χ3v) is 6.17. The lowest BCUT2D eigenvalue weighted by atomic mass is 9.97. The lowest BCUT2D eigenvalue weighted by Gasteiger charge is -2.31. The van der Waals surface area contributed by atoms with Crippen LogP contribution in [0.5, 0.6) is 0 Å². The molecule has 8 heteroatoms. The third kappa shape index (κ3) is 5.21. The summed E-state index contributed by atoms with van der Waals surface area (Å²) in [6.07, 6.45) is 3.31. The van der Waals surface area contributed by atoms with Crippen LogP contribution in [0.15, 0.2) is 0 Å². The number of rotatable bonds is 6. The zero-order chi connectivity index (χ0) is 13.8. The molecule has 18 heavy (non-hydrogen) atoms. The maximum atomic E-state index is 12.0. The minimum absolute atomic E-state index is 0.0574. The van der Waals surface area contributed by atoms with Gasteiger partial charge in [0.15, 0.2) is 0 Å². The standard InChI is InChI=1S/C10H21NO5S2/c1-17(13,14)7-8-18(15,16)11-5-2-3-10(9-11)4-6-12/h10,12H,2-9H2,1H3. The highest BCUT2D eigenvalue weighted by Gasteiger charge is 2.29. The van der Waals surface area contributed by atoms with Crippen LogP contribution in [0.3, 0.4) is 0 Å². The Balaban J connectivity index is 2.61. The molecule has 1 atom stereocenters. The summed E-state index contributed by atoms with van der Waals surface area (Å²) in [6, 6.07) is 0. The molecule has 1 N–H and O–H groups in total. The van der Waals surface area contributed by atoms with Gasteiger partial charge in [0.25, 0.3) is 0 Å². The fourth-order valence-electron chi connectivity index (χ4n) is 2.08. The number of piperidine rings is 1. The molecule has 1 rings (SSSR count). The number of sulfonamides is 1. The summed E-state index contributed by atoms with van der Waals surface area (Å²) in [5.41, 5.74) is 0. The van der Waals surface area contributed by atoms with Crippen molar-refractivity contribution in [3.8, 4) is 0 Å². The third-order valence-electron chi connectivity index (χ3n) is 3.12. The van der Waals surface area contributed by atoms with E-state index in [1.54, 1.807) is 0 Å². The molecule has 0 bridgehead atoms. The fourth-order valence-corrected chi connectivity index (χ4v) is 5.24. The highest BCUT2D eigenvalue weighted by Crippen LogP contribution is 2.21. The zero-order valence-electron chi connectivity index (χ0n) is 10.6. The van der Waals surface area contributed by atoms with Crippen LogP contribution in [0.2, 0.25) is 0 Å². The summed E-state index contributed by atoms with van der Waals surface area (Å²) < 4.78 is 47.3. The van der Waals surface area contributed by atoms with E-state index in [0.717, 1.165) is 19.1 Å². The Labute approximate surface area is 109 Å². The van der Waals surface area contributed by atoms with E-state index in [0.29, 0.717) is 19.5 Å². The molecule has 0 aliphatic carbocycles. The average molecular weight is 299 g/mol. The van der Waals surface area contributed by atoms with Gasteiger partial charge >= 0.3 is 0 Å². The van der Waals surface area contributed by atoms with E-state index in [1.165, 1.54) is 4.31 Å². The molecule has 108 valence electrons. The first-order chi connectivity index (χ1) is 8.24. The second kappa shape index (κ2) is 6.31. The molecule has 0 saturated carbocycles. The number of nitrogens with zero attached hydrogens (tertiary/aromatic N) is 1. The number of aliphatic hydroxyl groups excluding tert-OH is 1. The summed E-state index contributed by atoms with van der Waals surface area (Å²) in [4.78, 5) is 0. The quantitative estimate of drug-likeness (QED) is 0.711. The summed E-state index contributed by atoms with van der Waals surface area (Å²) in [6.45, 7) is 0.905. The highest BCUT2D eigenvalue weighted by molar-refractivity contribution is 7.93. The normalized spacial score (nSPS) is 23.1. The Bertz CT molecular complexity index is 455. The molecule has 0 aromatic heterocycles. The maximum absolute atomic E-state index is 12.0. The van der Waals surface area contributed by atoms with Crippen molar-refractivity contribution >= 4 is 19.9 Å². The Kier molecular flexibility index (Phi) is 5.57.